The minimum absolute atomic E-state index is 0.0378. The number of rotatable bonds is 4. The fourth-order valence-electron chi connectivity index (χ4n) is 2.87. The third-order valence-corrected chi connectivity index (χ3v) is 4.30. The molecule has 1 fully saturated rings. The molecule has 0 spiro atoms. The Morgan fingerprint density at radius 3 is 2.40 bits per heavy atom. The van der Waals surface area contributed by atoms with E-state index >= 15 is 0 Å². The molecule has 2 unspecified atom stereocenters. The van der Waals surface area contributed by atoms with Crippen molar-refractivity contribution in [2.24, 2.45) is 0 Å². The quantitative estimate of drug-likeness (QED) is 0.841. The number of nitrogens with one attached hydrogen (secondary N) is 1. The van der Waals surface area contributed by atoms with Crippen molar-refractivity contribution in [2.45, 2.75) is 25.0 Å². The fraction of sp³-hybridized carbons (Fsp3) is 0.333. The van der Waals surface area contributed by atoms with Crippen LogP contribution >= 0.6 is 0 Å². The molecule has 130 valence electrons. The van der Waals surface area contributed by atoms with Gasteiger partial charge >= 0.3 is 0 Å². The van der Waals surface area contributed by atoms with Gasteiger partial charge in [-0.2, -0.15) is 0 Å². The van der Waals surface area contributed by atoms with Gasteiger partial charge in [-0.05, 0) is 36.2 Å². The molecule has 0 radical (unpaired) electrons. The summed E-state index contributed by atoms with van der Waals surface area (Å²) in [5.74, 6) is -0.285. The molecule has 7 heteroatoms. The van der Waals surface area contributed by atoms with Crippen LogP contribution in [0.4, 0.5) is 0 Å². The molecule has 7 nitrogen and oxygen atoms in total. The molecule has 1 saturated heterocycles. The molecule has 3 heterocycles. The Labute approximate surface area is 145 Å². The highest BCUT2D eigenvalue weighted by Crippen LogP contribution is 2.14. The average Bonchev–Trinajstić information content (AvgIpc) is 2.65. The zero-order chi connectivity index (χ0) is 17.6. The summed E-state index contributed by atoms with van der Waals surface area (Å²) in [6, 6.07) is 6.47. The number of β-amino-alcohol motifs (C(OH)–C–C–N with tert-alkyl or cyclic N) is 1. The molecule has 0 saturated carbocycles. The molecule has 2 N–H and O–H groups in total. The van der Waals surface area contributed by atoms with E-state index in [0.717, 1.165) is 5.56 Å². The van der Waals surface area contributed by atoms with Crippen molar-refractivity contribution >= 4 is 11.8 Å². The van der Waals surface area contributed by atoms with Crippen molar-refractivity contribution in [1.82, 2.24) is 20.2 Å². The second kappa shape index (κ2) is 7.85. The first kappa shape index (κ1) is 17.0. The van der Waals surface area contributed by atoms with Gasteiger partial charge in [-0.25, -0.2) is 0 Å². The SMILES string of the molecule is O=C(NC1CCN(C(=O)Cc2ccncc2)CC1O)c1ccncc1. The zero-order valence-corrected chi connectivity index (χ0v) is 13.7. The molecule has 1 aliphatic heterocycles. The van der Waals surface area contributed by atoms with E-state index in [0.29, 0.717) is 18.5 Å². The highest BCUT2D eigenvalue weighted by Gasteiger charge is 2.31. The molecule has 0 bridgehead atoms. The van der Waals surface area contributed by atoms with E-state index in [-0.39, 0.29) is 30.8 Å². The maximum Gasteiger partial charge on any atom is 0.251 e. The molecule has 25 heavy (non-hydrogen) atoms. The number of amides is 2. The van der Waals surface area contributed by atoms with E-state index in [1.54, 1.807) is 54.0 Å². The number of hydrogen-bond donors (Lipinski definition) is 2. The second-order valence-electron chi connectivity index (χ2n) is 6.04. The molecule has 0 aromatic carbocycles. The summed E-state index contributed by atoms with van der Waals surface area (Å²) in [5.41, 5.74) is 1.39. The van der Waals surface area contributed by atoms with Crippen molar-refractivity contribution in [3.8, 4) is 0 Å². The number of carbonyl (C=O) groups excluding carboxylic acids is 2. The van der Waals surface area contributed by atoms with Crippen LogP contribution in [0.15, 0.2) is 49.1 Å². The third-order valence-electron chi connectivity index (χ3n) is 4.30. The summed E-state index contributed by atoms with van der Waals surface area (Å²) in [7, 11) is 0. The van der Waals surface area contributed by atoms with Gasteiger partial charge in [0.05, 0.1) is 18.6 Å². The number of piperidine rings is 1. The molecule has 2 aromatic rings. The Bertz CT molecular complexity index is 724. The van der Waals surface area contributed by atoms with E-state index in [9.17, 15) is 14.7 Å². The minimum atomic E-state index is -0.791. The number of pyridine rings is 2. The normalized spacial score (nSPS) is 20.1. The Hall–Kier alpha value is -2.80. The van der Waals surface area contributed by atoms with Gasteiger partial charge in [0.2, 0.25) is 5.91 Å². The fourth-order valence-corrected chi connectivity index (χ4v) is 2.87. The summed E-state index contributed by atoms with van der Waals surface area (Å²) >= 11 is 0. The largest absolute Gasteiger partial charge is 0.389 e. The average molecular weight is 340 g/mol. The molecule has 2 aromatic heterocycles. The van der Waals surface area contributed by atoms with E-state index < -0.39 is 6.10 Å². The molecule has 2 amide bonds. The van der Waals surface area contributed by atoms with Crippen LogP contribution in [0.1, 0.15) is 22.3 Å². The van der Waals surface area contributed by atoms with Gasteiger partial charge < -0.3 is 15.3 Å². The standard InChI is InChI=1S/C18H20N4O3/c23-16-12-22(17(24)11-13-1-6-19-7-2-13)10-5-15(16)21-18(25)14-3-8-20-9-4-14/h1-4,6-9,15-16,23H,5,10-12H2,(H,21,25). The Morgan fingerprint density at radius 2 is 1.76 bits per heavy atom. The topological polar surface area (TPSA) is 95.4 Å². The Morgan fingerprint density at radius 1 is 1.12 bits per heavy atom. The number of aliphatic hydroxyl groups is 1. The first-order valence-corrected chi connectivity index (χ1v) is 8.19. The lowest BCUT2D eigenvalue weighted by molar-refractivity contribution is -0.134. The van der Waals surface area contributed by atoms with Gasteiger partial charge in [-0.3, -0.25) is 19.6 Å². The van der Waals surface area contributed by atoms with Gasteiger partial charge in [0.1, 0.15) is 0 Å². The van der Waals surface area contributed by atoms with Crippen molar-refractivity contribution in [2.75, 3.05) is 13.1 Å². The van der Waals surface area contributed by atoms with E-state index in [4.69, 9.17) is 0 Å². The van der Waals surface area contributed by atoms with Crippen LogP contribution in [-0.2, 0) is 11.2 Å². The predicted octanol–water partition coefficient (Wildman–Crippen LogP) is 0.411. The summed E-state index contributed by atoms with van der Waals surface area (Å²) in [6.45, 7) is 0.716. The van der Waals surface area contributed by atoms with Gasteiger partial charge in [0.15, 0.2) is 0 Å². The van der Waals surface area contributed by atoms with Gasteiger partial charge in [0, 0.05) is 43.4 Å². The monoisotopic (exact) mass is 340 g/mol. The van der Waals surface area contributed by atoms with Crippen molar-refractivity contribution in [3.63, 3.8) is 0 Å². The maximum atomic E-state index is 12.4. The van der Waals surface area contributed by atoms with Crippen LogP contribution in [0.2, 0.25) is 0 Å². The number of likely N-dealkylation sites (tertiary alicyclic amines) is 1. The summed E-state index contributed by atoms with van der Waals surface area (Å²) in [6.07, 6.45) is 6.40. The molecule has 2 atom stereocenters. The van der Waals surface area contributed by atoms with Crippen LogP contribution < -0.4 is 5.32 Å². The van der Waals surface area contributed by atoms with Crippen LogP contribution in [-0.4, -0.2) is 57.0 Å². The first-order valence-electron chi connectivity index (χ1n) is 8.19. The smallest absolute Gasteiger partial charge is 0.251 e. The van der Waals surface area contributed by atoms with Gasteiger partial charge in [-0.1, -0.05) is 0 Å². The second-order valence-corrected chi connectivity index (χ2v) is 6.04. The van der Waals surface area contributed by atoms with E-state index in [1.165, 1.54) is 0 Å². The lowest BCUT2D eigenvalue weighted by Crippen LogP contribution is -2.55. The number of aromatic nitrogens is 2. The zero-order valence-electron chi connectivity index (χ0n) is 13.7. The summed E-state index contributed by atoms with van der Waals surface area (Å²) < 4.78 is 0. The Kier molecular flexibility index (Phi) is 5.35. The maximum absolute atomic E-state index is 12.4. The predicted molar refractivity (Wildman–Crippen MR) is 90.6 cm³/mol. The molecule has 0 aliphatic carbocycles. The van der Waals surface area contributed by atoms with Crippen molar-refractivity contribution < 1.29 is 14.7 Å². The van der Waals surface area contributed by atoms with Gasteiger partial charge in [0.25, 0.3) is 5.91 Å². The number of carbonyl (C=O) groups is 2. The summed E-state index contributed by atoms with van der Waals surface area (Å²) in [4.78, 5) is 34.0. The van der Waals surface area contributed by atoms with Crippen molar-refractivity contribution in [1.29, 1.82) is 0 Å². The van der Waals surface area contributed by atoms with Crippen LogP contribution in [0.5, 0.6) is 0 Å². The van der Waals surface area contributed by atoms with E-state index in [1.807, 2.05) is 0 Å². The van der Waals surface area contributed by atoms with Gasteiger partial charge in [-0.15, -0.1) is 0 Å². The van der Waals surface area contributed by atoms with Crippen LogP contribution in [0.3, 0.4) is 0 Å². The Balaban J connectivity index is 1.53. The number of aliphatic hydroxyl groups excluding tert-OH is 1. The van der Waals surface area contributed by atoms with Crippen LogP contribution in [0, 0.1) is 0 Å². The van der Waals surface area contributed by atoms with Crippen LogP contribution in [0.25, 0.3) is 0 Å². The molecule has 1 aliphatic rings. The highest BCUT2D eigenvalue weighted by atomic mass is 16.3. The third kappa shape index (κ3) is 4.39. The number of hydrogen-bond acceptors (Lipinski definition) is 5. The molecular weight excluding hydrogens is 320 g/mol. The first-order chi connectivity index (χ1) is 12.1. The van der Waals surface area contributed by atoms with Crippen molar-refractivity contribution in [3.05, 3.63) is 60.2 Å². The minimum Gasteiger partial charge on any atom is -0.389 e. The lowest BCUT2D eigenvalue weighted by Gasteiger charge is -2.36. The molecular formula is C18H20N4O3. The molecule has 3 rings (SSSR count). The highest BCUT2D eigenvalue weighted by molar-refractivity contribution is 5.94. The number of nitrogens with zero attached hydrogens (tertiary/aromatic N) is 3. The van der Waals surface area contributed by atoms with E-state index in [2.05, 4.69) is 15.3 Å². The summed E-state index contributed by atoms with van der Waals surface area (Å²) in [5, 5.41) is 13.2. The lowest BCUT2D eigenvalue weighted by atomic mass is 10.0.